The number of rotatable bonds is 3. The van der Waals surface area contributed by atoms with Gasteiger partial charge in [-0.3, -0.25) is 0 Å². The lowest BCUT2D eigenvalue weighted by molar-refractivity contribution is -0.368. The SMILES string of the molecule is Cc1ccc(Cn2ccc3cc4c(cc32)[C@]2(OC4)O[C@H](CO)[C@@H](O)[C@H](O)[C@H]2O)cc1. The van der Waals surface area contributed by atoms with E-state index < -0.39 is 36.8 Å². The number of hydrogen-bond donors (Lipinski definition) is 4. The van der Waals surface area contributed by atoms with Gasteiger partial charge in [-0.25, -0.2) is 0 Å². The fraction of sp³-hybridized carbons (Fsp3) is 0.391. The first-order valence-electron chi connectivity index (χ1n) is 10.1. The van der Waals surface area contributed by atoms with E-state index in [1.165, 1.54) is 5.56 Å². The zero-order chi connectivity index (χ0) is 21.0. The largest absolute Gasteiger partial charge is 0.394 e. The molecular weight excluding hydrogens is 386 g/mol. The fourth-order valence-electron chi connectivity index (χ4n) is 4.50. The number of ether oxygens (including phenoxy) is 2. The van der Waals surface area contributed by atoms with E-state index in [2.05, 4.69) is 35.8 Å². The summed E-state index contributed by atoms with van der Waals surface area (Å²) >= 11 is 0. The second-order valence-electron chi connectivity index (χ2n) is 8.22. The fourth-order valence-corrected chi connectivity index (χ4v) is 4.50. The molecule has 0 amide bonds. The molecule has 0 bridgehead atoms. The molecule has 2 aliphatic rings. The highest BCUT2D eigenvalue weighted by Crippen LogP contribution is 2.47. The maximum atomic E-state index is 10.8. The Kier molecular flexibility index (Phi) is 4.70. The van der Waals surface area contributed by atoms with Crippen molar-refractivity contribution >= 4 is 10.9 Å². The number of benzene rings is 2. The van der Waals surface area contributed by atoms with Gasteiger partial charge in [-0.1, -0.05) is 29.8 Å². The van der Waals surface area contributed by atoms with Crippen molar-refractivity contribution in [3.05, 3.63) is 70.9 Å². The third-order valence-electron chi connectivity index (χ3n) is 6.24. The van der Waals surface area contributed by atoms with Crippen LogP contribution in [0.15, 0.2) is 48.7 Å². The van der Waals surface area contributed by atoms with Crippen molar-refractivity contribution in [2.24, 2.45) is 0 Å². The zero-order valence-corrected chi connectivity index (χ0v) is 16.6. The molecule has 0 unspecified atom stereocenters. The van der Waals surface area contributed by atoms with E-state index in [9.17, 15) is 20.4 Å². The summed E-state index contributed by atoms with van der Waals surface area (Å²) in [5, 5.41) is 41.9. The average molecular weight is 411 g/mol. The molecule has 4 N–H and O–H groups in total. The molecule has 3 heterocycles. The highest BCUT2D eigenvalue weighted by atomic mass is 16.7. The van der Waals surface area contributed by atoms with Crippen LogP contribution in [0, 0.1) is 6.92 Å². The van der Waals surface area contributed by atoms with Gasteiger partial charge in [0, 0.05) is 23.8 Å². The molecular formula is C23H25NO6. The van der Waals surface area contributed by atoms with E-state index in [1.807, 2.05) is 24.4 Å². The lowest BCUT2D eigenvalue weighted by Crippen LogP contribution is -2.63. The minimum Gasteiger partial charge on any atom is -0.394 e. The molecule has 0 radical (unpaired) electrons. The average Bonchev–Trinajstić information content (AvgIpc) is 3.31. The molecule has 5 rings (SSSR count). The molecule has 1 saturated heterocycles. The summed E-state index contributed by atoms with van der Waals surface area (Å²) in [5.74, 6) is -1.63. The Hall–Kier alpha value is -2.26. The first-order chi connectivity index (χ1) is 14.4. The Bertz CT molecular complexity index is 1080. The molecule has 0 aliphatic carbocycles. The van der Waals surface area contributed by atoms with Crippen molar-refractivity contribution in [3.8, 4) is 0 Å². The molecule has 158 valence electrons. The number of aliphatic hydroxyl groups is 4. The van der Waals surface area contributed by atoms with Crippen LogP contribution in [0.3, 0.4) is 0 Å². The van der Waals surface area contributed by atoms with Gasteiger partial charge in [0.15, 0.2) is 0 Å². The topological polar surface area (TPSA) is 104 Å². The van der Waals surface area contributed by atoms with Gasteiger partial charge in [0.05, 0.1) is 13.2 Å². The summed E-state index contributed by atoms with van der Waals surface area (Å²) < 4.78 is 13.8. The van der Waals surface area contributed by atoms with E-state index in [-0.39, 0.29) is 6.61 Å². The normalized spacial score (nSPS) is 30.8. The zero-order valence-electron chi connectivity index (χ0n) is 16.6. The van der Waals surface area contributed by atoms with Crippen LogP contribution in [0.2, 0.25) is 0 Å². The number of aromatic nitrogens is 1. The van der Waals surface area contributed by atoms with Crippen molar-refractivity contribution in [1.82, 2.24) is 4.57 Å². The lowest BCUT2D eigenvalue weighted by Gasteiger charge is -2.46. The van der Waals surface area contributed by atoms with Crippen molar-refractivity contribution in [2.45, 2.75) is 50.3 Å². The molecule has 7 nitrogen and oxygen atoms in total. The maximum Gasteiger partial charge on any atom is 0.225 e. The van der Waals surface area contributed by atoms with E-state index in [0.717, 1.165) is 22.0 Å². The Morgan fingerprint density at radius 1 is 1.07 bits per heavy atom. The Morgan fingerprint density at radius 2 is 1.83 bits per heavy atom. The molecule has 30 heavy (non-hydrogen) atoms. The van der Waals surface area contributed by atoms with Crippen LogP contribution in [-0.4, -0.2) is 56.0 Å². The van der Waals surface area contributed by atoms with Crippen LogP contribution in [0.25, 0.3) is 10.9 Å². The Labute approximate surface area is 173 Å². The summed E-state index contributed by atoms with van der Waals surface area (Å²) in [6, 6.07) is 14.3. The van der Waals surface area contributed by atoms with Crippen molar-refractivity contribution in [2.75, 3.05) is 6.61 Å². The molecule has 7 heteroatoms. The van der Waals surface area contributed by atoms with Gasteiger partial charge in [0.1, 0.15) is 24.4 Å². The van der Waals surface area contributed by atoms with Crippen molar-refractivity contribution in [3.63, 3.8) is 0 Å². The molecule has 1 fully saturated rings. The van der Waals surface area contributed by atoms with Gasteiger partial charge < -0.3 is 34.5 Å². The van der Waals surface area contributed by atoms with E-state index in [4.69, 9.17) is 9.47 Å². The van der Waals surface area contributed by atoms with Crippen LogP contribution >= 0.6 is 0 Å². The Morgan fingerprint density at radius 3 is 2.57 bits per heavy atom. The summed E-state index contributed by atoms with van der Waals surface area (Å²) in [6.07, 6.45) is -3.45. The van der Waals surface area contributed by atoms with Crippen molar-refractivity contribution in [1.29, 1.82) is 0 Å². The first kappa shape index (κ1) is 19.7. The number of aryl methyl sites for hydroxylation is 1. The number of aliphatic hydroxyl groups excluding tert-OH is 4. The van der Waals surface area contributed by atoms with Gasteiger partial charge in [-0.2, -0.15) is 0 Å². The van der Waals surface area contributed by atoms with Crippen molar-refractivity contribution < 1.29 is 29.9 Å². The maximum absolute atomic E-state index is 10.8. The third kappa shape index (κ3) is 2.90. The second kappa shape index (κ2) is 7.16. The number of hydrogen-bond acceptors (Lipinski definition) is 6. The van der Waals surface area contributed by atoms with Crippen LogP contribution in [0.1, 0.15) is 22.3 Å². The van der Waals surface area contributed by atoms with E-state index >= 15 is 0 Å². The second-order valence-corrected chi connectivity index (χ2v) is 8.22. The minimum atomic E-state index is -1.63. The van der Waals surface area contributed by atoms with Crippen LogP contribution in [0.4, 0.5) is 0 Å². The number of fused-ring (bicyclic) bond motifs is 3. The predicted octanol–water partition coefficient (Wildman–Crippen LogP) is 1.15. The van der Waals surface area contributed by atoms with Crippen LogP contribution < -0.4 is 0 Å². The monoisotopic (exact) mass is 411 g/mol. The summed E-state index contributed by atoms with van der Waals surface area (Å²) in [6.45, 7) is 2.43. The van der Waals surface area contributed by atoms with Crippen LogP contribution in [-0.2, 0) is 28.4 Å². The summed E-state index contributed by atoms with van der Waals surface area (Å²) in [5.41, 5.74) is 4.76. The quantitative estimate of drug-likeness (QED) is 0.516. The van der Waals surface area contributed by atoms with Gasteiger partial charge in [-0.05, 0) is 41.6 Å². The minimum absolute atomic E-state index is 0.201. The highest BCUT2D eigenvalue weighted by Gasteiger charge is 2.58. The standard InChI is InChI=1S/C23H25NO6/c1-13-2-4-14(5-3-13)10-24-7-6-15-8-16-12-29-23(17(16)9-18(15)24)22(28)21(27)20(26)19(11-25)30-23/h2-9,19-22,25-28H,10-12H2,1H3/t19-,20-,21+,22-,23+/m1/s1. The van der Waals surface area contributed by atoms with Gasteiger partial charge >= 0.3 is 0 Å². The van der Waals surface area contributed by atoms with Crippen LogP contribution in [0.5, 0.6) is 0 Å². The molecule has 3 aromatic rings. The number of nitrogens with zero attached hydrogens (tertiary/aromatic N) is 1. The molecule has 5 atom stereocenters. The molecule has 1 aromatic heterocycles. The summed E-state index contributed by atoms with van der Waals surface area (Å²) in [7, 11) is 0. The lowest BCUT2D eigenvalue weighted by atomic mass is 9.87. The predicted molar refractivity (Wildman–Crippen MR) is 109 cm³/mol. The van der Waals surface area contributed by atoms with E-state index in [1.54, 1.807) is 0 Å². The molecule has 1 spiro atoms. The Balaban J connectivity index is 1.57. The third-order valence-corrected chi connectivity index (χ3v) is 6.24. The first-order valence-corrected chi connectivity index (χ1v) is 10.1. The summed E-state index contributed by atoms with van der Waals surface area (Å²) in [4.78, 5) is 0. The smallest absolute Gasteiger partial charge is 0.225 e. The van der Waals surface area contributed by atoms with Gasteiger partial charge in [0.2, 0.25) is 5.79 Å². The molecule has 2 aliphatic heterocycles. The van der Waals surface area contributed by atoms with Gasteiger partial charge in [0.25, 0.3) is 0 Å². The molecule has 0 saturated carbocycles. The van der Waals surface area contributed by atoms with E-state index in [0.29, 0.717) is 12.1 Å². The highest BCUT2D eigenvalue weighted by molar-refractivity contribution is 5.82. The molecule has 2 aromatic carbocycles. The van der Waals surface area contributed by atoms with Gasteiger partial charge in [-0.15, -0.1) is 0 Å².